The van der Waals surface area contributed by atoms with Crippen molar-refractivity contribution in [2.75, 3.05) is 0 Å². The van der Waals surface area contributed by atoms with E-state index in [0.29, 0.717) is 10.8 Å². The molecule has 0 atom stereocenters. The summed E-state index contributed by atoms with van der Waals surface area (Å²) in [6.07, 6.45) is 5.18. The third-order valence-electron chi connectivity index (χ3n) is 2.21. The van der Waals surface area contributed by atoms with Crippen molar-refractivity contribution >= 4 is 17.2 Å². The van der Waals surface area contributed by atoms with Crippen LogP contribution < -0.4 is 0 Å². The normalized spacial score (nSPS) is 10.8. The molecule has 3 aromatic rings. The fraction of sp³-hybridized carbons (Fsp3) is 0. The number of hydrogen-bond donors (Lipinski definition) is 0. The van der Waals surface area contributed by atoms with Gasteiger partial charge in [0.2, 0.25) is 0 Å². The highest BCUT2D eigenvalue weighted by Gasteiger charge is 2.05. The summed E-state index contributed by atoms with van der Waals surface area (Å²) in [4.78, 5) is 8.41. The first-order valence-electron chi connectivity index (χ1n) is 4.75. The molecule has 0 bridgehead atoms. The summed E-state index contributed by atoms with van der Waals surface area (Å²) in [5.41, 5.74) is 1.66. The van der Waals surface area contributed by atoms with E-state index in [-0.39, 0.29) is 0 Å². The van der Waals surface area contributed by atoms with Crippen molar-refractivity contribution in [1.82, 2.24) is 19.6 Å². The van der Waals surface area contributed by atoms with Crippen molar-refractivity contribution in [2.45, 2.75) is 0 Å². The molecule has 16 heavy (non-hydrogen) atoms. The lowest BCUT2D eigenvalue weighted by molar-refractivity contribution is 0.965. The first kappa shape index (κ1) is 9.30. The Morgan fingerprint density at radius 3 is 2.94 bits per heavy atom. The molecule has 0 aromatic carbocycles. The number of pyridine rings is 2. The summed E-state index contributed by atoms with van der Waals surface area (Å²) in [5.74, 6) is 0.648. The number of nitrogens with zero attached hydrogens (tertiary/aromatic N) is 4. The van der Waals surface area contributed by atoms with E-state index >= 15 is 0 Å². The quantitative estimate of drug-likeness (QED) is 0.645. The molecular weight excluding hydrogens is 224 g/mol. The molecule has 0 unspecified atom stereocenters. The van der Waals surface area contributed by atoms with Gasteiger partial charge in [-0.15, -0.1) is 5.10 Å². The molecule has 0 radical (unpaired) electrons. The molecule has 78 valence electrons. The van der Waals surface area contributed by atoms with Crippen LogP contribution in [0.3, 0.4) is 0 Å². The SMILES string of the molecule is Clc1ccc2nc(-c3cccnc3)nn2c1. The average molecular weight is 231 g/mol. The molecule has 0 aliphatic rings. The number of rotatable bonds is 1. The van der Waals surface area contributed by atoms with Crippen LogP contribution >= 0.6 is 11.6 Å². The van der Waals surface area contributed by atoms with Gasteiger partial charge in [0.25, 0.3) is 0 Å². The number of fused-ring (bicyclic) bond motifs is 1. The van der Waals surface area contributed by atoms with E-state index in [0.717, 1.165) is 11.2 Å². The zero-order chi connectivity index (χ0) is 11.0. The van der Waals surface area contributed by atoms with E-state index in [2.05, 4.69) is 15.1 Å². The Morgan fingerprint density at radius 2 is 2.12 bits per heavy atom. The fourth-order valence-electron chi connectivity index (χ4n) is 1.48. The Hall–Kier alpha value is -1.94. The predicted molar refractivity (Wildman–Crippen MR) is 61.2 cm³/mol. The summed E-state index contributed by atoms with van der Waals surface area (Å²) in [7, 11) is 0. The zero-order valence-corrected chi connectivity index (χ0v) is 8.96. The summed E-state index contributed by atoms with van der Waals surface area (Å²) in [6, 6.07) is 7.39. The molecule has 0 fully saturated rings. The van der Waals surface area contributed by atoms with Gasteiger partial charge in [-0.25, -0.2) is 9.50 Å². The first-order valence-corrected chi connectivity index (χ1v) is 5.13. The van der Waals surface area contributed by atoms with Crippen LogP contribution in [0, 0.1) is 0 Å². The number of halogens is 1. The lowest BCUT2D eigenvalue weighted by Crippen LogP contribution is -1.86. The highest BCUT2D eigenvalue weighted by Crippen LogP contribution is 2.16. The molecule has 0 aliphatic carbocycles. The second kappa shape index (κ2) is 3.57. The Bertz CT molecular complexity index is 633. The van der Waals surface area contributed by atoms with E-state index in [1.165, 1.54) is 0 Å². The van der Waals surface area contributed by atoms with Crippen LogP contribution in [0.5, 0.6) is 0 Å². The third-order valence-corrected chi connectivity index (χ3v) is 2.44. The Labute approximate surface area is 96.5 Å². The maximum absolute atomic E-state index is 5.87. The predicted octanol–water partition coefficient (Wildman–Crippen LogP) is 2.44. The highest BCUT2D eigenvalue weighted by atomic mass is 35.5. The largest absolute Gasteiger partial charge is 0.264 e. The van der Waals surface area contributed by atoms with Crippen molar-refractivity contribution < 1.29 is 0 Å². The van der Waals surface area contributed by atoms with Crippen LogP contribution in [0.1, 0.15) is 0 Å². The Kier molecular flexibility index (Phi) is 2.08. The van der Waals surface area contributed by atoms with Gasteiger partial charge in [-0.05, 0) is 24.3 Å². The molecule has 0 amide bonds. The molecule has 0 N–H and O–H groups in total. The molecule has 3 aromatic heterocycles. The third kappa shape index (κ3) is 1.53. The first-order chi connectivity index (χ1) is 7.83. The lowest BCUT2D eigenvalue weighted by atomic mass is 10.3. The van der Waals surface area contributed by atoms with Crippen LogP contribution in [0.4, 0.5) is 0 Å². The van der Waals surface area contributed by atoms with Crippen molar-refractivity contribution in [3.05, 3.63) is 47.9 Å². The van der Waals surface area contributed by atoms with Gasteiger partial charge in [-0.3, -0.25) is 4.98 Å². The molecule has 3 rings (SSSR count). The van der Waals surface area contributed by atoms with E-state index in [1.54, 1.807) is 29.2 Å². The summed E-state index contributed by atoms with van der Waals surface area (Å²) in [5, 5.41) is 4.96. The topological polar surface area (TPSA) is 43.1 Å². The van der Waals surface area contributed by atoms with E-state index < -0.39 is 0 Å². The maximum Gasteiger partial charge on any atom is 0.183 e. The van der Waals surface area contributed by atoms with Crippen LogP contribution in [0.2, 0.25) is 5.02 Å². The Morgan fingerprint density at radius 1 is 1.19 bits per heavy atom. The van der Waals surface area contributed by atoms with Gasteiger partial charge < -0.3 is 0 Å². The van der Waals surface area contributed by atoms with Crippen molar-refractivity contribution in [3.8, 4) is 11.4 Å². The molecule has 0 saturated carbocycles. The van der Waals surface area contributed by atoms with Gasteiger partial charge in [0.05, 0.1) is 5.02 Å². The number of aromatic nitrogens is 4. The van der Waals surface area contributed by atoms with Crippen LogP contribution in [-0.2, 0) is 0 Å². The fourth-order valence-corrected chi connectivity index (χ4v) is 1.63. The van der Waals surface area contributed by atoms with E-state index in [4.69, 9.17) is 11.6 Å². The minimum Gasteiger partial charge on any atom is -0.264 e. The van der Waals surface area contributed by atoms with Gasteiger partial charge >= 0.3 is 0 Å². The van der Waals surface area contributed by atoms with E-state index in [9.17, 15) is 0 Å². The van der Waals surface area contributed by atoms with Gasteiger partial charge in [0.15, 0.2) is 11.5 Å². The second-order valence-electron chi connectivity index (χ2n) is 3.33. The van der Waals surface area contributed by atoms with Gasteiger partial charge in [0, 0.05) is 24.2 Å². The molecule has 5 heteroatoms. The minimum absolute atomic E-state index is 0.634. The lowest BCUT2D eigenvalue weighted by Gasteiger charge is -1.91. The zero-order valence-electron chi connectivity index (χ0n) is 8.21. The highest BCUT2D eigenvalue weighted by molar-refractivity contribution is 6.30. The van der Waals surface area contributed by atoms with Crippen molar-refractivity contribution in [1.29, 1.82) is 0 Å². The molecule has 4 nitrogen and oxygen atoms in total. The smallest absolute Gasteiger partial charge is 0.183 e. The summed E-state index contributed by atoms with van der Waals surface area (Å²) in [6.45, 7) is 0. The van der Waals surface area contributed by atoms with Crippen LogP contribution in [0.15, 0.2) is 42.9 Å². The van der Waals surface area contributed by atoms with Crippen LogP contribution in [0.25, 0.3) is 17.0 Å². The maximum atomic E-state index is 5.87. The summed E-state index contributed by atoms with van der Waals surface area (Å²) >= 11 is 5.87. The minimum atomic E-state index is 0.634. The molecular formula is C11H7ClN4. The number of hydrogen-bond acceptors (Lipinski definition) is 3. The molecule has 0 spiro atoms. The molecule has 0 saturated heterocycles. The second-order valence-corrected chi connectivity index (χ2v) is 3.76. The van der Waals surface area contributed by atoms with E-state index in [1.807, 2.05) is 18.2 Å². The Balaban J connectivity index is 2.19. The summed E-state index contributed by atoms with van der Waals surface area (Å²) < 4.78 is 1.66. The van der Waals surface area contributed by atoms with Gasteiger partial charge in [0.1, 0.15) is 0 Å². The monoisotopic (exact) mass is 230 g/mol. The average Bonchev–Trinajstić information content (AvgIpc) is 2.73. The molecule has 0 aliphatic heterocycles. The van der Waals surface area contributed by atoms with Crippen molar-refractivity contribution in [2.24, 2.45) is 0 Å². The molecule has 3 heterocycles. The standard InChI is InChI=1S/C11H7ClN4/c12-9-3-4-10-14-11(15-16(10)7-9)8-2-1-5-13-6-8/h1-7H. The van der Waals surface area contributed by atoms with Crippen molar-refractivity contribution in [3.63, 3.8) is 0 Å². The van der Waals surface area contributed by atoms with Gasteiger partial charge in [-0.1, -0.05) is 11.6 Å². The van der Waals surface area contributed by atoms with Crippen LogP contribution in [-0.4, -0.2) is 19.6 Å². The van der Waals surface area contributed by atoms with Gasteiger partial charge in [-0.2, -0.15) is 0 Å².